The lowest BCUT2D eigenvalue weighted by Gasteiger charge is -2.16. The van der Waals surface area contributed by atoms with Crippen molar-refractivity contribution in [2.24, 2.45) is 5.92 Å². The molecule has 1 aromatic carbocycles. The van der Waals surface area contributed by atoms with E-state index in [2.05, 4.69) is 41.5 Å². The molecule has 2 aromatic rings. The number of hydrogen-bond donors (Lipinski definition) is 2. The van der Waals surface area contributed by atoms with Crippen LogP contribution in [-0.2, 0) is 0 Å². The summed E-state index contributed by atoms with van der Waals surface area (Å²) in [5, 5.41) is 4.88. The topological polar surface area (TPSA) is 27.8 Å². The number of H-pyrrole nitrogens is 1. The number of benzene rings is 1. The molecule has 0 saturated carbocycles. The van der Waals surface area contributed by atoms with Crippen LogP contribution in [-0.4, -0.2) is 11.5 Å². The lowest BCUT2D eigenvalue weighted by molar-refractivity contribution is 0.504. The van der Waals surface area contributed by atoms with E-state index in [-0.39, 0.29) is 0 Å². The Morgan fingerprint density at radius 1 is 1.27 bits per heavy atom. The summed E-state index contributed by atoms with van der Waals surface area (Å²) in [5.74, 6) is 0.751. The Hall–Kier alpha value is -1.28. The zero-order chi connectivity index (χ0) is 10.3. The molecule has 1 saturated heterocycles. The second-order valence-electron chi connectivity index (χ2n) is 4.52. The number of fused-ring (bicyclic) bond motifs is 1. The number of aromatic nitrogens is 1. The van der Waals surface area contributed by atoms with Gasteiger partial charge in [0.1, 0.15) is 0 Å². The molecule has 1 aromatic heterocycles. The molecule has 3 rings (SSSR count). The summed E-state index contributed by atoms with van der Waals surface area (Å²) in [6.45, 7) is 3.48. The van der Waals surface area contributed by atoms with Crippen molar-refractivity contribution in [3.8, 4) is 0 Å². The first-order chi connectivity index (χ1) is 7.34. The SMILES string of the molecule is C[C@H]1CCN[C@@H]1c1ccc2[nH]ccc2c1. The molecule has 2 nitrogen and oxygen atoms in total. The first-order valence-electron chi connectivity index (χ1n) is 5.65. The molecule has 78 valence electrons. The molecule has 1 aliphatic heterocycles. The van der Waals surface area contributed by atoms with Crippen LogP contribution in [0.3, 0.4) is 0 Å². The molecule has 0 spiro atoms. The fourth-order valence-corrected chi connectivity index (χ4v) is 2.55. The zero-order valence-electron chi connectivity index (χ0n) is 8.96. The van der Waals surface area contributed by atoms with Gasteiger partial charge in [-0.2, -0.15) is 0 Å². The van der Waals surface area contributed by atoms with Crippen molar-refractivity contribution in [2.45, 2.75) is 19.4 Å². The predicted molar refractivity (Wildman–Crippen MR) is 62.8 cm³/mol. The van der Waals surface area contributed by atoms with E-state index in [4.69, 9.17) is 0 Å². The van der Waals surface area contributed by atoms with Gasteiger partial charge in [-0.1, -0.05) is 13.0 Å². The molecule has 0 unspecified atom stereocenters. The quantitative estimate of drug-likeness (QED) is 0.728. The normalized spacial score (nSPS) is 26.2. The smallest absolute Gasteiger partial charge is 0.0454 e. The van der Waals surface area contributed by atoms with Crippen molar-refractivity contribution >= 4 is 10.9 Å². The van der Waals surface area contributed by atoms with Crippen LogP contribution in [0.15, 0.2) is 30.5 Å². The van der Waals surface area contributed by atoms with Crippen LogP contribution in [0.4, 0.5) is 0 Å². The summed E-state index contributed by atoms with van der Waals surface area (Å²) >= 11 is 0. The van der Waals surface area contributed by atoms with Crippen molar-refractivity contribution in [3.05, 3.63) is 36.0 Å². The zero-order valence-corrected chi connectivity index (χ0v) is 8.96. The van der Waals surface area contributed by atoms with Crippen molar-refractivity contribution in [1.82, 2.24) is 10.3 Å². The third-order valence-electron chi connectivity index (χ3n) is 3.47. The van der Waals surface area contributed by atoms with Gasteiger partial charge in [-0.3, -0.25) is 0 Å². The van der Waals surface area contributed by atoms with Crippen LogP contribution in [0.25, 0.3) is 10.9 Å². The van der Waals surface area contributed by atoms with Crippen molar-refractivity contribution in [2.75, 3.05) is 6.54 Å². The van der Waals surface area contributed by atoms with E-state index in [0.29, 0.717) is 6.04 Å². The van der Waals surface area contributed by atoms with Gasteiger partial charge in [0.15, 0.2) is 0 Å². The van der Waals surface area contributed by atoms with E-state index in [0.717, 1.165) is 12.5 Å². The summed E-state index contributed by atoms with van der Waals surface area (Å²) in [5.41, 5.74) is 2.65. The third kappa shape index (κ3) is 1.45. The fourth-order valence-electron chi connectivity index (χ4n) is 2.55. The van der Waals surface area contributed by atoms with Crippen LogP contribution in [0.2, 0.25) is 0 Å². The molecule has 15 heavy (non-hydrogen) atoms. The monoisotopic (exact) mass is 200 g/mol. The molecule has 2 heterocycles. The molecule has 0 amide bonds. The van der Waals surface area contributed by atoms with Crippen molar-refractivity contribution < 1.29 is 0 Å². The lowest BCUT2D eigenvalue weighted by atomic mass is 9.95. The lowest BCUT2D eigenvalue weighted by Crippen LogP contribution is -2.16. The molecule has 1 fully saturated rings. The van der Waals surface area contributed by atoms with Crippen molar-refractivity contribution in [3.63, 3.8) is 0 Å². The molecule has 2 N–H and O–H groups in total. The molecule has 0 bridgehead atoms. The summed E-state index contributed by atoms with van der Waals surface area (Å²) in [4.78, 5) is 3.23. The van der Waals surface area contributed by atoms with E-state index in [1.165, 1.54) is 22.9 Å². The Balaban J connectivity index is 2.03. The maximum Gasteiger partial charge on any atom is 0.0454 e. The average molecular weight is 200 g/mol. The van der Waals surface area contributed by atoms with Crippen LogP contribution < -0.4 is 5.32 Å². The van der Waals surface area contributed by atoms with E-state index >= 15 is 0 Å². The standard InChI is InChI=1S/C13H16N2/c1-9-4-6-15-13(9)11-2-3-12-10(8-11)5-7-14-12/h2-3,5,7-9,13-15H,4,6H2,1H3/t9-,13-/m0/s1. The van der Waals surface area contributed by atoms with Gasteiger partial charge in [-0.25, -0.2) is 0 Å². The molecular weight excluding hydrogens is 184 g/mol. The second kappa shape index (κ2) is 3.38. The average Bonchev–Trinajstić information content (AvgIpc) is 2.84. The maximum absolute atomic E-state index is 3.57. The predicted octanol–water partition coefficient (Wildman–Crippen LogP) is 2.84. The van der Waals surface area contributed by atoms with E-state index in [1.54, 1.807) is 0 Å². The minimum absolute atomic E-state index is 0.546. The van der Waals surface area contributed by atoms with Gasteiger partial charge in [0.2, 0.25) is 0 Å². The first-order valence-corrected chi connectivity index (χ1v) is 5.65. The number of aromatic amines is 1. The van der Waals surface area contributed by atoms with Crippen molar-refractivity contribution in [1.29, 1.82) is 0 Å². The first kappa shape index (κ1) is 8.98. The fraction of sp³-hybridized carbons (Fsp3) is 0.385. The van der Waals surface area contributed by atoms with E-state index < -0.39 is 0 Å². The summed E-state index contributed by atoms with van der Waals surface area (Å²) in [7, 11) is 0. The largest absolute Gasteiger partial charge is 0.361 e. The molecular formula is C13H16N2. The third-order valence-corrected chi connectivity index (χ3v) is 3.47. The molecule has 1 aliphatic rings. The van der Waals surface area contributed by atoms with Crippen LogP contribution in [0, 0.1) is 5.92 Å². The minimum atomic E-state index is 0.546. The maximum atomic E-state index is 3.57. The summed E-state index contributed by atoms with van der Waals surface area (Å²) < 4.78 is 0. The van der Waals surface area contributed by atoms with Gasteiger partial charge < -0.3 is 10.3 Å². The number of nitrogens with one attached hydrogen (secondary N) is 2. The summed E-state index contributed by atoms with van der Waals surface area (Å²) in [6, 6.07) is 9.39. The van der Waals surface area contributed by atoms with Crippen LogP contribution >= 0.6 is 0 Å². The molecule has 0 aliphatic carbocycles. The Morgan fingerprint density at radius 2 is 2.20 bits per heavy atom. The Morgan fingerprint density at radius 3 is 3.00 bits per heavy atom. The van der Waals surface area contributed by atoms with Gasteiger partial charge in [0.05, 0.1) is 0 Å². The highest BCUT2D eigenvalue weighted by Gasteiger charge is 2.24. The highest BCUT2D eigenvalue weighted by Crippen LogP contribution is 2.30. The molecule has 0 radical (unpaired) electrons. The van der Waals surface area contributed by atoms with E-state index in [1.807, 2.05) is 6.20 Å². The highest BCUT2D eigenvalue weighted by molar-refractivity contribution is 5.80. The molecule has 2 heteroatoms. The van der Waals surface area contributed by atoms with Crippen LogP contribution in [0.5, 0.6) is 0 Å². The van der Waals surface area contributed by atoms with Gasteiger partial charge >= 0.3 is 0 Å². The van der Waals surface area contributed by atoms with Gasteiger partial charge in [0.25, 0.3) is 0 Å². The van der Waals surface area contributed by atoms with Gasteiger partial charge in [0, 0.05) is 17.8 Å². The number of rotatable bonds is 1. The number of hydrogen-bond acceptors (Lipinski definition) is 1. The van der Waals surface area contributed by atoms with Gasteiger partial charge in [-0.15, -0.1) is 0 Å². The Bertz CT molecular complexity index is 472. The Labute approximate surface area is 89.7 Å². The van der Waals surface area contributed by atoms with E-state index in [9.17, 15) is 0 Å². The van der Waals surface area contributed by atoms with Crippen LogP contribution in [0.1, 0.15) is 24.9 Å². The second-order valence-corrected chi connectivity index (χ2v) is 4.52. The minimum Gasteiger partial charge on any atom is -0.361 e. The van der Waals surface area contributed by atoms with Gasteiger partial charge in [-0.05, 0) is 48.0 Å². The Kier molecular flexibility index (Phi) is 2.03. The molecule has 2 atom stereocenters. The summed E-state index contributed by atoms with van der Waals surface area (Å²) in [6.07, 6.45) is 3.29. The highest BCUT2D eigenvalue weighted by atomic mass is 14.9.